The van der Waals surface area contributed by atoms with Gasteiger partial charge in [-0.05, 0) is 48.7 Å². The van der Waals surface area contributed by atoms with Gasteiger partial charge in [0.1, 0.15) is 5.69 Å². The fourth-order valence-corrected chi connectivity index (χ4v) is 3.34. The van der Waals surface area contributed by atoms with Crippen LogP contribution in [0.15, 0.2) is 36.4 Å². The molecule has 2 heterocycles. The summed E-state index contributed by atoms with van der Waals surface area (Å²) in [7, 11) is 0. The molecule has 0 spiro atoms. The van der Waals surface area contributed by atoms with Gasteiger partial charge in [0.25, 0.3) is 0 Å². The minimum atomic E-state index is -0.238. The molecule has 0 bridgehead atoms. The highest BCUT2D eigenvalue weighted by Crippen LogP contribution is 2.26. The molecule has 3 N–H and O–H groups in total. The van der Waals surface area contributed by atoms with Crippen molar-refractivity contribution in [1.29, 1.82) is 0 Å². The lowest BCUT2D eigenvalue weighted by molar-refractivity contribution is -0.115. The van der Waals surface area contributed by atoms with Crippen LogP contribution in [0.25, 0.3) is 22.6 Å². The number of hydrogen-bond donors (Lipinski definition) is 3. The minimum absolute atomic E-state index is 0.102. The van der Waals surface area contributed by atoms with Crippen molar-refractivity contribution in [3.8, 4) is 11.5 Å². The monoisotopic (exact) mass is 413 g/mol. The molecule has 0 saturated heterocycles. The molecule has 8 heteroatoms. The Bertz CT molecular complexity index is 1160. The Hall–Kier alpha value is -2.83. The summed E-state index contributed by atoms with van der Waals surface area (Å²) < 4.78 is 0. The van der Waals surface area contributed by atoms with Gasteiger partial charge in [0.2, 0.25) is 5.91 Å². The first kappa shape index (κ1) is 18.5. The van der Waals surface area contributed by atoms with E-state index in [1.807, 2.05) is 6.07 Å². The van der Waals surface area contributed by atoms with Crippen molar-refractivity contribution in [3.63, 3.8) is 0 Å². The van der Waals surface area contributed by atoms with Crippen molar-refractivity contribution >= 4 is 46.0 Å². The van der Waals surface area contributed by atoms with E-state index in [-0.39, 0.29) is 12.3 Å². The smallest absolute Gasteiger partial charge is 0.230 e. The zero-order valence-corrected chi connectivity index (χ0v) is 16.7. The molecule has 0 unspecified atom stereocenters. The standard InChI is InChI=1S/C20H17Cl2N5O/c1-10-6-14-15(7-11(10)2)24-20(23-14)16-9-17(27-26-16)25-18(28)8-12-4-3-5-13(21)19(12)22/h3-7,9H,8H2,1-2H3,(H,23,24)(H2,25,26,27,28). The molecule has 142 valence electrons. The quantitative estimate of drug-likeness (QED) is 0.436. The first-order chi connectivity index (χ1) is 13.4. The van der Waals surface area contributed by atoms with E-state index in [2.05, 4.69) is 45.4 Å². The maximum Gasteiger partial charge on any atom is 0.230 e. The average molecular weight is 414 g/mol. The average Bonchev–Trinajstić information content (AvgIpc) is 3.26. The van der Waals surface area contributed by atoms with E-state index in [1.54, 1.807) is 24.3 Å². The summed E-state index contributed by atoms with van der Waals surface area (Å²) in [5.74, 6) is 0.829. The number of hydrogen-bond acceptors (Lipinski definition) is 3. The van der Waals surface area contributed by atoms with Gasteiger partial charge in [-0.15, -0.1) is 0 Å². The van der Waals surface area contributed by atoms with Crippen molar-refractivity contribution in [2.75, 3.05) is 5.32 Å². The maximum absolute atomic E-state index is 12.3. The normalized spacial score (nSPS) is 11.1. The number of imidazole rings is 1. The molecule has 2 aromatic heterocycles. The number of anilines is 1. The number of aromatic nitrogens is 4. The highest BCUT2D eigenvalue weighted by atomic mass is 35.5. The Morgan fingerprint density at radius 2 is 1.93 bits per heavy atom. The molecule has 0 atom stereocenters. The van der Waals surface area contributed by atoms with Gasteiger partial charge in [0.15, 0.2) is 11.6 Å². The number of carbonyl (C=O) groups excluding carboxylic acids is 1. The third-order valence-corrected chi connectivity index (χ3v) is 5.44. The Morgan fingerprint density at radius 3 is 2.75 bits per heavy atom. The largest absolute Gasteiger partial charge is 0.337 e. The van der Waals surface area contributed by atoms with Crippen LogP contribution >= 0.6 is 23.2 Å². The van der Waals surface area contributed by atoms with Crippen molar-refractivity contribution < 1.29 is 4.79 Å². The van der Waals surface area contributed by atoms with Crippen LogP contribution in [0.3, 0.4) is 0 Å². The summed E-state index contributed by atoms with van der Waals surface area (Å²) in [5, 5.41) is 10.6. The number of H-pyrrole nitrogens is 2. The second kappa shape index (κ2) is 7.30. The molecule has 4 aromatic rings. The number of fused-ring (bicyclic) bond motifs is 1. The molecule has 1 amide bonds. The Labute approximate surface area is 171 Å². The second-order valence-corrected chi connectivity index (χ2v) is 7.43. The van der Waals surface area contributed by atoms with Crippen LogP contribution in [-0.4, -0.2) is 26.1 Å². The van der Waals surface area contributed by atoms with Crippen LogP contribution in [0.4, 0.5) is 5.82 Å². The highest BCUT2D eigenvalue weighted by molar-refractivity contribution is 6.42. The van der Waals surface area contributed by atoms with E-state index in [1.165, 1.54) is 11.1 Å². The van der Waals surface area contributed by atoms with Crippen LogP contribution < -0.4 is 5.32 Å². The predicted octanol–water partition coefficient (Wildman–Crippen LogP) is 5.06. The second-order valence-electron chi connectivity index (χ2n) is 6.64. The van der Waals surface area contributed by atoms with Crippen molar-refractivity contribution in [2.24, 2.45) is 0 Å². The summed E-state index contributed by atoms with van der Waals surface area (Å²) in [5.41, 5.74) is 5.55. The lowest BCUT2D eigenvalue weighted by Crippen LogP contribution is -2.14. The molecule has 0 radical (unpaired) electrons. The summed E-state index contributed by atoms with van der Waals surface area (Å²) in [4.78, 5) is 20.2. The van der Waals surface area contributed by atoms with Crippen LogP contribution in [0.1, 0.15) is 16.7 Å². The molecule has 0 saturated carbocycles. The van der Waals surface area contributed by atoms with Crippen LogP contribution in [0, 0.1) is 13.8 Å². The van der Waals surface area contributed by atoms with Gasteiger partial charge in [0, 0.05) is 6.07 Å². The van der Waals surface area contributed by atoms with Crippen LogP contribution in [0.2, 0.25) is 10.0 Å². The Balaban J connectivity index is 1.51. The number of amides is 1. The van der Waals surface area contributed by atoms with Gasteiger partial charge < -0.3 is 10.3 Å². The van der Waals surface area contributed by atoms with Crippen molar-refractivity contribution in [2.45, 2.75) is 20.3 Å². The number of rotatable bonds is 4. The van der Waals surface area contributed by atoms with Gasteiger partial charge in [-0.25, -0.2) is 4.98 Å². The highest BCUT2D eigenvalue weighted by Gasteiger charge is 2.13. The van der Waals surface area contributed by atoms with Crippen LogP contribution in [0.5, 0.6) is 0 Å². The zero-order valence-electron chi connectivity index (χ0n) is 15.2. The first-order valence-corrected chi connectivity index (χ1v) is 9.42. The molecule has 6 nitrogen and oxygen atoms in total. The maximum atomic E-state index is 12.3. The Kier molecular flexibility index (Phi) is 4.83. The SMILES string of the molecule is Cc1cc2nc(-c3cc(NC(=O)Cc4cccc(Cl)c4Cl)n[nH]3)[nH]c2cc1C. The predicted molar refractivity (Wildman–Crippen MR) is 112 cm³/mol. The number of aryl methyl sites for hydroxylation is 2. The Morgan fingerprint density at radius 1 is 1.14 bits per heavy atom. The molecule has 0 aliphatic carbocycles. The summed E-state index contributed by atoms with van der Waals surface area (Å²) in [6.45, 7) is 4.12. The molecule has 4 rings (SSSR count). The number of nitrogens with zero attached hydrogens (tertiary/aromatic N) is 2. The summed E-state index contributed by atoms with van der Waals surface area (Å²) >= 11 is 12.1. The van der Waals surface area contributed by atoms with Gasteiger partial charge >= 0.3 is 0 Å². The lowest BCUT2D eigenvalue weighted by Gasteiger charge is -2.05. The topological polar surface area (TPSA) is 86.5 Å². The van der Waals surface area contributed by atoms with E-state index in [4.69, 9.17) is 23.2 Å². The lowest BCUT2D eigenvalue weighted by atomic mass is 10.1. The van der Waals surface area contributed by atoms with E-state index < -0.39 is 0 Å². The fraction of sp³-hybridized carbons (Fsp3) is 0.150. The van der Waals surface area contributed by atoms with E-state index in [0.717, 1.165) is 11.0 Å². The van der Waals surface area contributed by atoms with E-state index in [0.29, 0.717) is 32.9 Å². The van der Waals surface area contributed by atoms with E-state index >= 15 is 0 Å². The van der Waals surface area contributed by atoms with Crippen molar-refractivity contribution in [3.05, 3.63) is 63.1 Å². The molecule has 0 fully saturated rings. The van der Waals surface area contributed by atoms with E-state index in [9.17, 15) is 4.79 Å². The van der Waals surface area contributed by atoms with Gasteiger partial charge in [-0.3, -0.25) is 9.89 Å². The third kappa shape index (κ3) is 3.61. The number of carbonyl (C=O) groups is 1. The van der Waals surface area contributed by atoms with Gasteiger partial charge in [-0.1, -0.05) is 35.3 Å². The molecular formula is C20H17Cl2N5O. The first-order valence-electron chi connectivity index (χ1n) is 8.66. The zero-order chi connectivity index (χ0) is 19.8. The summed E-state index contributed by atoms with van der Waals surface area (Å²) in [6.07, 6.45) is 0.102. The molecule has 28 heavy (non-hydrogen) atoms. The fourth-order valence-electron chi connectivity index (χ4n) is 2.95. The van der Waals surface area contributed by atoms with Gasteiger partial charge in [0.05, 0.1) is 27.5 Å². The van der Waals surface area contributed by atoms with Crippen molar-refractivity contribution in [1.82, 2.24) is 20.2 Å². The van der Waals surface area contributed by atoms with Gasteiger partial charge in [-0.2, -0.15) is 5.10 Å². The number of nitrogens with one attached hydrogen (secondary N) is 3. The van der Waals surface area contributed by atoms with Crippen LogP contribution in [-0.2, 0) is 11.2 Å². The molecule has 0 aliphatic rings. The third-order valence-electron chi connectivity index (χ3n) is 4.58. The molecule has 0 aliphatic heterocycles. The number of aromatic amines is 2. The number of benzene rings is 2. The number of halogens is 2. The molecule has 2 aromatic carbocycles. The minimum Gasteiger partial charge on any atom is -0.337 e. The molecular weight excluding hydrogens is 397 g/mol. The summed E-state index contributed by atoms with van der Waals surface area (Å²) in [6, 6.07) is 11.0.